The van der Waals surface area contributed by atoms with Crippen molar-refractivity contribution in [2.24, 2.45) is 0 Å². The second kappa shape index (κ2) is 11.9. The number of carbonyl (C=O) groups is 1. The fourth-order valence-electron chi connectivity index (χ4n) is 4.16. The Balaban J connectivity index is 1.59. The number of carbonyl (C=O) groups excluding carboxylic acids is 1. The lowest BCUT2D eigenvalue weighted by molar-refractivity contribution is -0.143. The van der Waals surface area contributed by atoms with Gasteiger partial charge in [-0.15, -0.1) is 0 Å². The number of rotatable bonds is 8. The highest BCUT2D eigenvalue weighted by Gasteiger charge is 2.22. The first kappa shape index (κ1) is 25.5. The molecule has 190 valence electrons. The van der Waals surface area contributed by atoms with E-state index in [1.165, 1.54) is 6.42 Å². The molecule has 1 saturated heterocycles. The lowest BCUT2D eigenvalue weighted by Gasteiger charge is -2.29. The first-order valence-electron chi connectivity index (χ1n) is 12.4. The third kappa shape index (κ3) is 6.56. The normalized spacial score (nSPS) is 17.0. The Bertz CT molecular complexity index is 1130. The maximum absolute atomic E-state index is 12.0. The van der Waals surface area contributed by atoms with Gasteiger partial charge in [0.1, 0.15) is 24.7 Å². The van der Waals surface area contributed by atoms with Crippen molar-refractivity contribution in [1.82, 2.24) is 5.32 Å². The number of ether oxygens (including phenoxy) is 3. The van der Waals surface area contributed by atoms with Gasteiger partial charge in [-0.3, -0.25) is 0 Å². The Hall–Kier alpha value is -3.54. The van der Waals surface area contributed by atoms with Gasteiger partial charge in [-0.2, -0.15) is 5.26 Å². The van der Waals surface area contributed by atoms with Gasteiger partial charge in [0.25, 0.3) is 0 Å². The summed E-state index contributed by atoms with van der Waals surface area (Å²) in [7, 11) is 0. The molecule has 8 heteroatoms. The van der Waals surface area contributed by atoms with Gasteiger partial charge in [-0.25, -0.2) is 4.79 Å². The largest absolute Gasteiger partial charge is 0.486 e. The van der Waals surface area contributed by atoms with E-state index in [0.717, 1.165) is 35.2 Å². The molecular formula is C28H34N4O4. The average molecular weight is 491 g/mol. The van der Waals surface area contributed by atoms with E-state index in [4.69, 9.17) is 14.2 Å². The van der Waals surface area contributed by atoms with Crippen LogP contribution in [-0.2, 0) is 9.47 Å². The maximum atomic E-state index is 12.0. The van der Waals surface area contributed by atoms with Crippen LogP contribution in [0.25, 0.3) is 11.1 Å². The summed E-state index contributed by atoms with van der Waals surface area (Å²) in [6.07, 6.45) is 3.26. The zero-order valence-electron chi connectivity index (χ0n) is 21.1. The Labute approximate surface area is 212 Å². The minimum atomic E-state index is -0.247. The lowest BCUT2D eigenvalue weighted by Crippen LogP contribution is -2.34. The van der Waals surface area contributed by atoms with Gasteiger partial charge in [-0.05, 0) is 75.4 Å². The van der Waals surface area contributed by atoms with E-state index in [1.54, 1.807) is 0 Å². The van der Waals surface area contributed by atoms with Gasteiger partial charge < -0.3 is 30.2 Å². The molecule has 2 aliphatic rings. The molecule has 4 rings (SSSR count). The monoisotopic (exact) mass is 490 g/mol. The molecule has 36 heavy (non-hydrogen) atoms. The molecule has 1 heterocycles. The summed E-state index contributed by atoms with van der Waals surface area (Å²) in [5.74, 6) is 0.713. The molecule has 2 aromatic carbocycles. The fourth-order valence-corrected chi connectivity index (χ4v) is 4.16. The van der Waals surface area contributed by atoms with Crippen LogP contribution in [-0.4, -0.2) is 44.2 Å². The molecule has 1 aliphatic carbocycles. The molecule has 0 unspecified atom stereocenters. The summed E-state index contributed by atoms with van der Waals surface area (Å²) >= 11 is 0. The van der Waals surface area contributed by atoms with Gasteiger partial charge in [0.2, 0.25) is 0 Å². The summed E-state index contributed by atoms with van der Waals surface area (Å²) < 4.78 is 16.8. The zero-order valence-corrected chi connectivity index (χ0v) is 21.1. The van der Waals surface area contributed by atoms with E-state index in [2.05, 4.69) is 22.0 Å². The van der Waals surface area contributed by atoms with Crippen molar-refractivity contribution < 1.29 is 19.0 Å². The van der Waals surface area contributed by atoms with E-state index in [1.807, 2.05) is 63.2 Å². The number of hydrogen-bond donors (Lipinski definition) is 3. The molecule has 0 atom stereocenters. The van der Waals surface area contributed by atoms with Crippen molar-refractivity contribution in [3.8, 4) is 11.8 Å². The van der Waals surface area contributed by atoms with Crippen molar-refractivity contribution in [1.29, 1.82) is 5.26 Å². The molecule has 3 N–H and O–H groups in total. The van der Waals surface area contributed by atoms with Gasteiger partial charge in [0, 0.05) is 35.1 Å². The Kier molecular flexibility index (Phi) is 8.47. The third-order valence-corrected chi connectivity index (χ3v) is 6.28. The van der Waals surface area contributed by atoms with Crippen molar-refractivity contribution in [2.75, 3.05) is 30.6 Å². The smallest absolute Gasteiger partial charge is 0.319 e. The summed E-state index contributed by atoms with van der Waals surface area (Å²) in [5.41, 5.74) is 4.76. The summed E-state index contributed by atoms with van der Waals surface area (Å²) in [4.78, 5) is 12.0. The Morgan fingerprint density at radius 3 is 2.44 bits per heavy atom. The molecule has 2 fully saturated rings. The number of anilines is 2. The van der Waals surface area contributed by atoms with Crippen LogP contribution in [0, 0.1) is 11.3 Å². The molecule has 2 amide bonds. The topological polar surface area (TPSA) is 105 Å². The number of nitrogens with zero attached hydrogens (tertiary/aromatic N) is 1. The van der Waals surface area contributed by atoms with Gasteiger partial charge in [0.05, 0.1) is 18.8 Å². The first-order chi connectivity index (χ1) is 17.4. The number of amides is 2. The van der Waals surface area contributed by atoms with Gasteiger partial charge in [-0.1, -0.05) is 12.1 Å². The number of nitriles is 1. The minimum Gasteiger partial charge on any atom is -0.486 e. The molecule has 2 aromatic rings. The second-order valence-corrected chi connectivity index (χ2v) is 9.52. The third-order valence-electron chi connectivity index (χ3n) is 6.28. The molecule has 0 aromatic heterocycles. The van der Waals surface area contributed by atoms with E-state index < -0.39 is 0 Å². The van der Waals surface area contributed by atoms with Crippen molar-refractivity contribution in [3.05, 3.63) is 53.6 Å². The lowest BCUT2D eigenvalue weighted by atomic mass is 9.91. The maximum Gasteiger partial charge on any atom is 0.319 e. The van der Waals surface area contributed by atoms with Crippen LogP contribution >= 0.6 is 0 Å². The quantitative estimate of drug-likeness (QED) is 0.339. The number of nitrogens with one attached hydrogen (secondary N) is 3. The molecule has 1 saturated carbocycles. The molecule has 0 bridgehead atoms. The standard InChI is InChI=1S/C28H34N4O4/c1-18(2)30-28(33)32-22-9-7-20(8-10-22)19(3)26(14-29)25-12-11-23(36-24-15-34-17-35-16-24)13-27(25)31-21-5-4-6-21/h7-13,18,21,24,31H,4-6,15-17H2,1-3H3,(H2,30,32,33)/b26-19+. The average Bonchev–Trinajstić information content (AvgIpc) is 2.83. The first-order valence-corrected chi connectivity index (χ1v) is 12.4. The highest BCUT2D eigenvalue weighted by Crippen LogP contribution is 2.36. The highest BCUT2D eigenvalue weighted by atomic mass is 16.7. The van der Waals surface area contributed by atoms with Crippen LogP contribution in [0.5, 0.6) is 5.75 Å². The fraction of sp³-hybridized carbons (Fsp3) is 0.429. The molecule has 1 aliphatic heterocycles. The Morgan fingerprint density at radius 1 is 1.11 bits per heavy atom. The van der Waals surface area contributed by atoms with Crippen LogP contribution < -0.4 is 20.7 Å². The summed E-state index contributed by atoms with van der Waals surface area (Å²) in [6.45, 7) is 7.03. The highest BCUT2D eigenvalue weighted by molar-refractivity contribution is 6.00. The number of allylic oxidation sites excluding steroid dienone is 2. The van der Waals surface area contributed by atoms with Crippen molar-refractivity contribution in [2.45, 2.75) is 58.2 Å². The van der Waals surface area contributed by atoms with Crippen LogP contribution in [0.15, 0.2) is 42.5 Å². The number of urea groups is 1. The summed E-state index contributed by atoms with van der Waals surface area (Å²) in [5, 5.41) is 19.4. The van der Waals surface area contributed by atoms with E-state index in [0.29, 0.717) is 43.1 Å². The van der Waals surface area contributed by atoms with E-state index >= 15 is 0 Å². The number of hydrogen-bond acceptors (Lipinski definition) is 6. The molecule has 0 radical (unpaired) electrons. The van der Waals surface area contributed by atoms with E-state index in [-0.39, 0.29) is 18.2 Å². The minimum absolute atomic E-state index is 0.0523. The Morgan fingerprint density at radius 2 is 1.83 bits per heavy atom. The van der Waals surface area contributed by atoms with Crippen molar-refractivity contribution >= 4 is 28.6 Å². The van der Waals surface area contributed by atoms with Gasteiger partial charge in [0.15, 0.2) is 0 Å². The van der Waals surface area contributed by atoms with Crippen LogP contribution in [0.3, 0.4) is 0 Å². The molecule has 8 nitrogen and oxygen atoms in total. The van der Waals surface area contributed by atoms with Crippen LogP contribution in [0.4, 0.5) is 16.2 Å². The van der Waals surface area contributed by atoms with E-state index in [9.17, 15) is 10.1 Å². The molecular weight excluding hydrogens is 456 g/mol. The van der Waals surface area contributed by atoms with Crippen molar-refractivity contribution in [3.63, 3.8) is 0 Å². The van der Waals surface area contributed by atoms with Gasteiger partial charge >= 0.3 is 6.03 Å². The number of benzene rings is 2. The SMILES string of the molecule is C/C(=C(/C#N)c1ccc(OC2COCOC2)cc1NC1CCC1)c1ccc(NC(=O)NC(C)C)cc1. The van der Waals surface area contributed by atoms with Crippen LogP contribution in [0.1, 0.15) is 51.2 Å². The zero-order chi connectivity index (χ0) is 25.5. The molecule has 0 spiro atoms. The predicted molar refractivity (Wildman–Crippen MR) is 141 cm³/mol. The predicted octanol–water partition coefficient (Wildman–Crippen LogP) is 5.39. The second-order valence-electron chi connectivity index (χ2n) is 9.52. The summed E-state index contributed by atoms with van der Waals surface area (Å²) in [6, 6.07) is 15.9. The van der Waals surface area contributed by atoms with Crippen LogP contribution in [0.2, 0.25) is 0 Å².